The number of fused-ring (bicyclic) bond motifs is 3. The predicted octanol–water partition coefficient (Wildman–Crippen LogP) is 5.59. The standard InChI is InChI=1S/C26H28N4O2/c1-4-30-22-10-6-5-9-20(22)21-14-18(11-12-23(21)30)28-24(31)15-26(2,3)16-25(32)29-19-8-7-13-27-17-19/h5-14,17H,4,15-16H2,1-3H3,(H,28,31)(H,29,32). The van der Waals surface area contributed by atoms with Crippen LogP contribution in [0.15, 0.2) is 67.0 Å². The van der Waals surface area contributed by atoms with Crippen LogP contribution in [0.4, 0.5) is 11.4 Å². The van der Waals surface area contributed by atoms with Gasteiger partial charge in [0.1, 0.15) is 0 Å². The number of rotatable bonds is 7. The van der Waals surface area contributed by atoms with Gasteiger partial charge in [-0.1, -0.05) is 32.0 Å². The Morgan fingerprint density at radius 1 is 0.875 bits per heavy atom. The Kier molecular flexibility index (Phi) is 5.95. The summed E-state index contributed by atoms with van der Waals surface area (Å²) in [5.74, 6) is -0.243. The molecule has 32 heavy (non-hydrogen) atoms. The lowest BCUT2D eigenvalue weighted by Crippen LogP contribution is -2.27. The molecule has 164 valence electrons. The fourth-order valence-corrected chi connectivity index (χ4v) is 4.25. The number of carbonyl (C=O) groups excluding carboxylic acids is 2. The van der Waals surface area contributed by atoms with Crippen molar-refractivity contribution in [2.24, 2.45) is 5.41 Å². The minimum absolute atomic E-state index is 0.109. The molecular weight excluding hydrogens is 400 g/mol. The molecule has 4 aromatic rings. The minimum atomic E-state index is -0.487. The molecule has 0 fully saturated rings. The van der Waals surface area contributed by atoms with Crippen molar-refractivity contribution < 1.29 is 9.59 Å². The zero-order chi connectivity index (χ0) is 22.7. The number of hydrogen-bond acceptors (Lipinski definition) is 3. The van der Waals surface area contributed by atoms with Crippen molar-refractivity contribution in [3.05, 3.63) is 67.0 Å². The summed E-state index contributed by atoms with van der Waals surface area (Å²) < 4.78 is 2.28. The van der Waals surface area contributed by atoms with Gasteiger partial charge in [0.25, 0.3) is 0 Å². The van der Waals surface area contributed by atoms with E-state index in [9.17, 15) is 9.59 Å². The van der Waals surface area contributed by atoms with Crippen LogP contribution in [0.1, 0.15) is 33.6 Å². The number of amides is 2. The second kappa shape index (κ2) is 8.83. The quantitative estimate of drug-likeness (QED) is 0.403. The zero-order valence-corrected chi connectivity index (χ0v) is 18.7. The molecule has 2 N–H and O–H groups in total. The molecule has 2 aromatic carbocycles. The first-order valence-corrected chi connectivity index (χ1v) is 10.9. The van der Waals surface area contributed by atoms with Gasteiger partial charge in [-0.2, -0.15) is 0 Å². The molecule has 6 heteroatoms. The highest BCUT2D eigenvalue weighted by atomic mass is 16.2. The van der Waals surface area contributed by atoms with Crippen molar-refractivity contribution in [2.75, 3.05) is 10.6 Å². The Bertz CT molecular complexity index is 1280. The van der Waals surface area contributed by atoms with Crippen molar-refractivity contribution in [3.63, 3.8) is 0 Å². The second-order valence-corrected chi connectivity index (χ2v) is 8.85. The summed E-state index contributed by atoms with van der Waals surface area (Å²) in [4.78, 5) is 29.2. The van der Waals surface area contributed by atoms with Gasteiger partial charge in [0.15, 0.2) is 0 Å². The summed E-state index contributed by atoms with van der Waals surface area (Å²) in [5, 5.41) is 8.14. The van der Waals surface area contributed by atoms with Gasteiger partial charge in [-0.3, -0.25) is 14.6 Å². The number of para-hydroxylation sites is 1. The smallest absolute Gasteiger partial charge is 0.224 e. The first-order valence-electron chi connectivity index (χ1n) is 10.9. The molecular formula is C26H28N4O2. The first-order chi connectivity index (χ1) is 15.4. The number of carbonyl (C=O) groups is 2. The van der Waals surface area contributed by atoms with Crippen molar-refractivity contribution in [1.29, 1.82) is 0 Å². The van der Waals surface area contributed by atoms with Crippen LogP contribution in [0, 0.1) is 5.41 Å². The number of benzene rings is 2. The second-order valence-electron chi connectivity index (χ2n) is 8.85. The Morgan fingerprint density at radius 2 is 1.56 bits per heavy atom. The molecule has 4 rings (SSSR count). The first kappa shape index (κ1) is 21.6. The fraction of sp³-hybridized carbons (Fsp3) is 0.269. The van der Waals surface area contributed by atoms with E-state index in [1.807, 2.05) is 38.1 Å². The predicted molar refractivity (Wildman–Crippen MR) is 130 cm³/mol. The van der Waals surface area contributed by atoms with Crippen molar-refractivity contribution in [3.8, 4) is 0 Å². The van der Waals surface area contributed by atoms with Crippen LogP contribution in [0.5, 0.6) is 0 Å². The third-order valence-electron chi connectivity index (χ3n) is 5.60. The molecule has 0 aliphatic heterocycles. The van der Waals surface area contributed by atoms with Gasteiger partial charge < -0.3 is 15.2 Å². The molecule has 0 saturated heterocycles. The van der Waals surface area contributed by atoms with E-state index >= 15 is 0 Å². The Balaban J connectivity index is 1.45. The maximum Gasteiger partial charge on any atom is 0.224 e. The molecule has 0 saturated carbocycles. The maximum atomic E-state index is 12.8. The molecule has 0 bridgehead atoms. The summed E-state index contributed by atoms with van der Waals surface area (Å²) in [6, 6.07) is 17.9. The molecule has 2 amide bonds. The highest BCUT2D eigenvalue weighted by Gasteiger charge is 2.25. The van der Waals surface area contributed by atoms with Crippen LogP contribution in [-0.2, 0) is 16.1 Å². The van der Waals surface area contributed by atoms with Crippen LogP contribution in [0.25, 0.3) is 21.8 Å². The lowest BCUT2D eigenvalue weighted by molar-refractivity contribution is -0.120. The molecule has 0 aliphatic carbocycles. The van der Waals surface area contributed by atoms with E-state index in [-0.39, 0.29) is 24.7 Å². The lowest BCUT2D eigenvalue weighted by Gasteiger charge is -2.23. The van der Waals surface area contributed by atoms with E-state index in [0.29, 0.717) is 5.69 Å². The summed E-state index contributed by atoms with van der Waals surface area (Å²) in [5.41, 5.74) is 3.27. The Labute approximate surface area is 187 Å². The average Bonchev–Trinajstić information content (AvgIpc) is 3.06. The van der Waals surface area contributed by atoms with Crippen molar-refractivity contribution in [1.82, 2.24) is 9.55 Å². The van der Waals surface area contributed by atoms with Crippen LogP contribution in [-0.4, -0.2) is 21.4 Å². The molecule has 0 radical (unpaired) electrons. The molecule has 0 unspecified atom stereocenters. The molecule has 0 atom stereocenters. The lowest BCUT2D eigenvalue weighted by atomic mass is 9.85. The van der Waals surface area contributed by atoms with Crippen LogP contribution in [0.3, 0.4) is 0 Å². The van der Waals surface area contributed by atoms with Gasteiger partial charge in [0, 0.05) is 53.1 Å². The number of hydrogen-bond donors (Lipinski definition) is 2. The summed E-state index contributed by atoms with van der Waals surface area (Å²) in [6.45, 7) is 6.86. The van der Waals surface area contributed by atoms with Gasteiger partial charge >= 0.3 is 0 Å². The van der Waals surface area contributed by atoms with E-state index in [4.69, 9.17) is 0 Å². The van der Waals surface area contributed by atoms with Gasteiger partial charge in [0.05, 0.1) is 11.9 Å². The monoisotopic (exact) mass is 428 g/mol. The Morgan fingerprint density at radius 3 is 2.25 bits per heavy atom. The largest absolute Gasteiger partial charge is 0.341 e. The normalized spacial score (nSPS) is 11.6. The third-order valence-corrected chi connectivity index (χ3v) is 5.60. The van der Waals surface area contributed by atoms with Crippen LogP contribution in [0.2, 0.25) is 0 Å². The van der Waals surface area contributed by atoms with Gasteiger partial charge in [-0.15, -0.1) is 0 Å². The van der Waals surface area contributed by atoms with Gasteiger partial charge in [-0.05, 0) is 48.7 Å². The molecule has 2 heterocycles. The fourth-order valence-electron chi connectivity index (χ4n) is 4.25. The summed E-state index contributed by atoms with van der Waals surface area (Å²) in [7, 11) is 0. The zero-order valence-electron chi connectivity index (χ0n) is 18.7. The highest BCUT2D eigenvalue weighted by molar-refractivity contribution is 6.09. The average molecular weight is 429 g/mol. The number of anilines is 2. The van der Waals surface area contributed by atoms with Gasteiger partial charge in [-0.25, -0.2) is 0 Å². The van der Waals surface area contributed by atoms with Crippen molar-refractivity contribution >= 4 is 45.0 Å². The minimum Gasteiger partial charge on any atom is -0.341 e. The van der Waals surface area contributed by atoms with Crippen LogP contribution < -0.4 is 10.6 Å². The number of aromatic nitrogens is 2. The topological polar surface area (TPSA) is 76.0 Å². The number of nitrogens with one attached hydrogen (secondary N) is 2. The summed E-state index contributed by atoms with van der Waals surface area (Å²) in [6.07, 6.45) is 3.73. The third kappa shape index (κ3) is 4.64. The molecule has 0 aliphatic rings. The van der Waals surface area contributed by atoms with Crippen molar-refractivity contribution in [2.45, 2.75) is 40.2 Å². The Hall–Kier alpha value is -3.67. The number of aryl methyl sites for hydroxylation is 1. The van der Waals surface area contributed by atoms with E-state index in [1.165, 1.54) is 10.9 Å². The maximum absolute atomic E-state index is 12.8. The van der Waals surface area contributed by atoms with E-state index in [2.05, 4.69) is 45.3 Å². The number of nitrogens with zero attached hydrogens (tertiary/aromatic N) is 2. The van der Waals surface area contributed by atoms with Crippen LogP contribution >= 0.6 is 0 Å². The van der Waals surface area contributed by atoms with E-state index in [0.717, 1.165) is 23.1 Å². The number of pyridine rings is 1. The highest BCUT2D eigenvalue weighted by Crippen LogP contribution is 2.32. The van der Waals surface area contributed by atoms with E-state index < -0.39 is 5.41 Å². The molecule has 6 nitrogen and oxygen atoms in total. The van der Waals surface area contributed by atoms with Gasteiger partial charge in [0.2, 0.25) is 11.8 Å². The molecule has 2 aromatic heterocycles. The SMILES string of the molecule is CCn1c2ccccc2c2cc(NC(=O)CC(C)(C)CC(=O)Nc3cccnc3)ccc21. The molecule has 0 spiro atoms. The van der Waals surface area contributed by atoms with E-state index in [1.54, 1.807) is 24.5 Å². The summed E-state index contributed by atoms with van der Waals surface area (Å²) >= 11 is 0.